The van der Waals surface area contributed by atoms with Crippen LogP contribution in [0.2, 0.25) is 0 Å². The van der Waals surface area contributed by atoms with Gasteiger partial charge in [0.1, 0.15) is 48.8 Å². The first kappa shape index (κ1) is 73.8. The largest absolute Gasteiger partial charge is 0.394 e. The molecule has 14 heteroatoms. The summed E-state index contributed by atoms with van der Waals surface area (Å²) in [5.74, 6) is -0.235. The minimum atomic E-state index is -1.79. The van der Waals surface area contributed by atoms with Crippen molar-refractivity contribution in [1.82, 2.24) is 5.32 Å². The van der Waals surface area contributed by atoms with Crippen LogP contribution in [-0.4, -0.2) is 140 Å². The maximum absolute atomic E-state index is 13.2. The molecule has 1 amide bonds. The van der Waals surface area contributed by atoms with Gasteiger partial charge in [-0.3, -0.25) is 4.79 Å². The van der Waals surface area contributed by atoms with Crippen LogP contribution in [0.25, 0.3) is 0 Å². The maximum atomic E-state index is 13.2. The molecule has 0 aromatic rings. The van der Waals surface area contributed by atoms with E-state index in [1.807, 2.05) is 6.08 Å². The fourth-order valence-electron chi connectivity index (χ4n) is 11.4. The molecule has 14 nitrogen and oxygen atoms in total. The van der Waals surface area contributed by atoms with Crippen molar-refractivity contribution in [1.29, 1.82) is 0 Å². The zero-order chi connectivity index (χ0) is 57.4. The van der Waals surface area contributed by atoms with E-state index in [0.29, 0.717) is 6.42 Å². The quantitative estimate of drug-likeness (QED) is 0.0204. The van der Waals surface area contributed by atoms with Gasteiger partial charge in [-0.25, -0.2) is 0 Å². The molecule has 12 unspecified atom stereocenters. The van der Waals surface area contributed by atoms with Crippen LogP contribution in [0.15, 0.2) is 12.2 Å². The molecule has 9 N–H and O–H groups in total. The molecule has 0 bridgehead atoms. The van der Waals surface area contributed by atoms with Crippen LogP contribution in [0.4, 0.5) is 0 Å². The van der Waals surface area contributed by atoms with E-state index in [4.69, 9.17) is 18.9 Å². The van der Waals surface area contributed by atoms with Crippen molar-refractivity contribution in [3.63, 3.8) is 0 Å². The van der Waals surface area contributed by atoms with Gasteiger partial charge in [0, 0.05) is 6.42 Å². The van der Waals surface area contributed by atoms with Crippen molar-refractivity contribution in [2.45, 2.75) is 376 Å². The van der Waals surface area contributed by atoms with Gasteiger partial charge in [-0.2, -0.15) is 0 Å². The molecule has 79 heavy (non-hydrogen) atoms. The topological polar surface area (TPSA) is 228 Å². The molecule has 2 aliphatic rings. The minimum absolute atomic E-state index is 0.235. The molecule has 2 heterocycles. The smallest absolute Gasteiger partial charge is 0.220 e. The molecule has 0 aromatic heterocycles. The summed E-state index contributed by atoms with van der Waals surface area (Å²) in [6.07, 6.45) is 44.3. The molecule has 0 spiro atoms. The summed E-state index contributed by atoms with van der Waals surface area (Å²) in [5, 5.41) is 87.1. The third kappa shape index (κ3) is 36.2. The Bertz CT molecular complexity index is 1380. The first-order valence-electron chi connectivity index (χ1n) is 33.4. The molecule has 2 aliphatic heterocycles. The second-order valence-corrected chi connectivity index (χ2v) is 24.0. The highest BCUT2D eigenvalue weighted by Gasteiger charge is 2.51. The number of rotatable bonds is 55. The van der Waals surface area contributed by atoms with Crippen LogP contribution in [0.5, 0.6) is 0 Å². The number of aliphatic hydroxyl groups excluding tert-OH is 8. The number of unbranched alkanes of at least 4 members (excludes halogenated alkanes) is 42. The molecular weight excluding hydrogens is 1000 g/mol. The molecule has 0 aliphatic carbocycles. The normalized spacial score (nSPS) is 24.4. The van der Waals surface area contributed by atoms with Gasteiger partial charge in [-0.15, -0.1) is 0 Å². The third-order valence-electron chi connectivity index (χ3n) is 16.7. The van der Waals surface area contributed by atoms with Gasteiger partial charge in [-0.05, 0) is 19.3 Å². The SMILES string of the molecule is CCCCCCCCCCCCCCCCCCCCCCCCCCCCCCCCC/C=C/C(O)C(COC1OC(CO)C(OC2OC(CO)C(O)C(O)C2O)C(O)C1O)NC(=O)CCCCCCCCCCCCCC. The molecular formula is C65H125NO13. The van der Waals surface area contributed by atoms with E-state index in [9.17, 15) is 45.6 Å². The Labute approximate surface area is 482 Å². The number of aliphatic hydroxyl groups is 8. The van der Waals surface area contributed by atoms with E-state index in [-0.39, 0.29) is 18.9 Å². The fraction of sp³-hybridized carbons (Fsp3) is 0.954. The summed E-state index contributed by atoms with van der Waals surface area (Å²) in [4.78, 5) is 13.2. The summed E-state index contributed by atoms with van der Waals surface area (Å²) in [7, 11) is 0. The van der Waals surface area contributed by atoms with Gasteiger partial charge >= 0.3 is 0 Å². The first-order chi connectivity index (χ1) is 38.6. The van der Waals surface area contributed by atoms with Crippen molar-refractivity contribution in [3.8, 4) is 0 Å². The van der Waals surface area contributed by atoms with E-state index in [0.717, 1.165) is 38.5 Å². The number of nitrogens with one attached hydrogen (secondary N) is 1. The van der Waals surface area contributed by atoms with Crippen molar-refractivity contribution in [2.75, 3.05) is 19.8 Å². The van der Waals surface area contributed by atoms with Crippen molar-refractivity contribution in [2.24, 2.45) is 0 Å². The Hall–Kier alpha value is -1.27. The number of carbonyl (C=O) groups excluding carboxylic acids is 1. The number of hydrogen-bond donors (Lipinski definition) is 9. The van der Waals surface area contributed by atoms with E-state index in [2.05, 4.69) is 19.2 Å². The number of amides is 1. The molecule has 468 valence electrons. The van der Waals surface area contributed by atoms with Crippen molar-refractivity contribution < 1.29 is 64.6 Å². The zero-order valence-electron chi connectivity index (χ0n) is 50.6. The highest BCUT2D eigenvalue weighted by Crippen LogP contribution is 2.30. The summed E-state index contributed by atoms with van der Waals surface area (Å²) in [6, 6.07) is -0.909. The standard InChI is InChI=1S/C65H125NO13/c1-3-5-7-9-11-13-15-17-18-19-20-21-22-23-24-25-26-27-28-29-30-31-32-33-34-35-36-37-38-40-42-44-46-48-54(69)53(66-57(70)49-47-45-43-41-39-16-14-12-10-8-6-4-2)52-76-64-62(75)60(73)63(56(51-68)78-64)79-65-61(74)59(72)58(71)55(50-67)77-65/h46,48,53-56,58-65,67-69,71-75H,3-45,47,49-52H2,1-2H3,(H,66,70)/b48-46+. The third-order valence-corrected chi connectivity index (χ3v) is 16.7. The summed E-state index contributed by atoms with van der Waals surface area (Å²) in [5.41, 5.74) is 0. The van der Waals surface area contributed by atoms with Gasteiger partial charge in [-0.1, -0.05) is 289 Å². The van der Waals surface area contributed by atoms with Gasteiger partial charge < -0.3 is 65.1 Å². The maximum Gasteiger partial charge on any atom is 0.220 e. The zero-order valence-corrected chi connectivity index (χ0v) is 50.6. The average molecular weight is 1130 g/mol. The first-order valence-corrected chi connectivity index (χ1v) is 33.4. The Kier molecular flexibility index (Phi) is 47.8. The Balaban J connectivity index is 1.62. The molecule has 2 fully saturated rings. The van der Waals surface area contributed by atoms with Crippen LogP contribution in [0.3, 0.4) is 0 Å². The second kappa shape index (κ2) is 51.2. The second-order valence-electron chi connectivity index (χ2n) is 24.0. The number of hydrogen-bond acceptors (Lipinski definition) is 13. The van der Waals surface area contributed by atoms with E-state index >= 15 is 0 Å². The van der Waals surface area contributed by atoms with Gasteiger partial charge in [0.15, 0.2) is 12.6 Å². The monoisotopic (exact) mass is 1130 g/mol. The number of ether oxygens (including phenoxy) is 4. The summed E-state index contributed by atoms with van der Waals surface area (Å²) in [6.45, 7) is 2.83. The number of carbonyl (C=O) groups is 1. The van der Waals surface area contributed by atoms with Gasteiger partial charge in [0.2, 0.25) is 5.91 Å². The highest BCUT2D eigenvalue weighted by molar-refractivity contribution is 5.76. The fourth-order valence-corrected chi connectivity index (χ4v) is 11.4. The van der Waals surface area contributed by atoms with Crippen molar-refractivity contribution in [3.05, 3.63) is 12.2 Å². The minimum Gasteiger partial charge on any atom is -0.394 e. The van der Waals surface area contributed by atoms with E-state index in [1.54, 1.807) is 6.08 Å². The summed E-state index contributed by atoms with van der Waals surface area (Å²) < 4.78 is 22.8. The summed E-state index contributed by atoms with van der Waals surface area (Å²) >= 11 is 0. The van der Waals surface area contributed by atoms with Crippen LogP contribution in [-0.2, 0) is 23.7 Å². The Morgan fingerprint density at radius 1 is 0.443 bits per heavy atom. The Morgan fingerprint density at radius 2 is 0.785 bits per heavy atom. The predicted molar refractivity (Wildman–Crippen MR) is 319 cm³/mol. The van der Waals surface area contributed by atoms with E-state index < -0.39 is 86.8 Å². The van der Waals surface area contributed by atoms with E-state index in [1.165, 1.54) is 238 Å². The lowest BCUT2D eigenvalue weighted by Crippen LogP contribution is -2.65. The average Bonchev–Trinajstić information content (AvgIpc) is 3.54. The number of allylic oxidation sites excluding steroid dienone is 1. The lowest BCUT2D eigenvalue weighted by Gasteiger charge is -2.46. The predicted octanol–water partition coefficient (Wildman–Crippen LogP) is 12.6. The molecule has 12 atom stereocenters. The van der Waals surface area contributed by atoms with Crippen LogP contribution in [0.1, 0.15) is 303 Å². The lowest BCUT2D eigenvalue weighted by molar-refractivity contribution is -0.359. The highest BCUT2D eigenvalue weighted by atomic mass is 16.7. The van der Waals surface area contributed by atoms with Gasteiger partial charge in [0.05, 0.1) is 32.0 Å². The van der Waals surface area contributed by atoms with Gasteiger partial charge in [0.25, 0.3) is 0 Å². The molecule has 0 aromatic carbocycles. The molecule has 2 rings (SSSR count). The Morgan fingerprint density at radius 3 is 1.16 bits per heavy atom. The van der Waals surface area contributed by atoms with Crippen LogP contribution >= 0.6 is 0 Å². The molecule has 2 saturated heterocycles. The van der Waals surface area contributed by atoms with Crippen LogP contribution < -0.4 is 5.32 Å². The van der Waals surface area contributed by atoms with Crippen LogP contribution in [0, 0.1) is 0 Å². The lowest BCUT2D eigenvalue weighted by atomic mass is 9.97. The molecule has 0 saturated carbocycles. The van der Waals surface area contributed by atoms with Crippen molar-refractivity contribution >= 4 is 5.91 Å². The molecule has 0 radical (unpaired) electrons.